The quantitative estimate of drug-likeness (QED) is 0.770. The highest BCUT2D eigenvalue weighted by Crippen LogP contribution is 2.29. The number of rotatable bonds is 4. The molecule has 1 aromatic carbocycles. The highest BCUT2D eigenvalue weighted by molar-refractivity contribution is 5.98. The van der Waals surface area contributed by atoms with Crippen LogP contribution in [-0.2, 0) is 9.59 Å². The molecular weight excluding hydrogens is 332 g/mol. The summed E-state index contributed by atoms with van der Waals surface area (Å²) < 4.78 is 0. The first-order valence-corrected chi connectivity index (χ1v) is 9.32. The molecule has 0 bridgehead atoms. The van der Waals surface area contributed by atoms with E-state index in [1.165, 1.54) is 6.42 Å². The summed E-state index contributed by atoms with van der Waals surface area (Å²) in [6.07, 6.45) is 6.85. The lowest BCUT2D eigenvalue weighted by Crippen LogP contribution is -2.46. The number of amides is 4. The van der Waals surface area contributed by atoms with Crippen LogP contribution in [0.5, 0.6) is 0 Å². The molecule has 7 heteroatoms. The summed E-state index contributed by atoms with van der Waals surface area (Å²) in [5.41, 5.74) is 6.26. The summed E-state index contributed by atoms with van der Waals surface area (Å²) in [5, 5.41) is 5.35. The molecule has 1 aliphatic carbocycles. The van der Waals surface area contributed by atoms with Gasteiger partial charge in [-0.05, 0) is 49.9 Å². The third-order valence-corrected chi connectivity index (χ3v) is 5.21. The topological polar surface area (TPSA) is 105 Å². The Balaban J connectivity index is 1.61. The first-order chi connectivity index (χ1) is 12.5. The SMILES string of the molecule is NC(=O)Nc1ccc(NC(=O)C2CCCN2C(=O)C2CCCCC2)cc1. The summed E-state index contributed by atoms with van der Waals surface area (Å²) in [4.78, 5) is 38.1. The van der Waals surface area contributed by atoms with Crippen molar-refractivity contribution in [2.24, 2.45) is 11.7 Å². The van der Waals surface area contributed by atoms with E-state index in [1.54, 1.807) is 29.2 Å². The molecule has 3 rings (SSSR count). The maximum atomic E-state index is 12.8. The minimum atomic E-state index is -0.635. The minimum absolute atomic E-state index is 0.0799. The van der Waals surface area contributed by atoms with Crippen molar-refractivity contribution in [3.8, 4) is 0 Å². The molecular formula is C19H26N4O3. The number of likely N-dealkylation sites (tertiary alicyclic amines) is 1. The summed E-state index contributed by atoms with van der Waals surface area (Å²) in [7, 11) is 0. The van der Waals surface area contributed by atoms with Crippen LogP contribution in [-0.4, -0.2) is 35.3 Å². The van der Waals surface area contributed by atoms with Crippen LogP contribution in [0.4, 0.5) is 16.2 Å². The van der Waals surface area contributed by atoms with E-state index in [2.05, 4.69) is 10.6 Å². The number of anilines is 2. The molecule has 2 aliphatic rings. The Morgan fingerprint density at radius 2 is 1.50 bits per heavy atom. The molecule has 0 aromatic heterocycles. The number of nitrogens with one attached hydrogen (secondary N) is 2. The van der Waals surface area contributed by atoms with E-state index in [-0.39, 0.29) is 17.7 Å². The van der Waals surface area contributed by atoms with Crippen LogP contribution >= 0.6 is 0 Å². The van der Waals surface area contributed by atoms with Crippen LogP contribution in [0.1, 0.15) is 44.9 Å². The first kappa shape index (κ1) is 18.2. The summed E-state index contributed by atoms with van der Waals surface area (Å²) in [5.74, 6) is 0.0712. The maximum Gasteiger partial charge on any atom is 0.316 e. The number of nitrogens with zero attached hydrogens (tertiary/aromatic N) is 1. The van der Waals surface area contributed by atoms with Gasteiger partial charge in [-0.15, -0.1) is 0 Å². The van der Waals surface area contributed by atoms with E-state index in [0.29, 0.717) is 24.3 Å². The van der Waals surface area contributed by atoms with E-state index in [0.717, 1.165) is 32.1 Å². The standard InChI is InChI=1S/C19H26N4O3/c20-19(26)22-15-10-8-14(9-11-15)21-17(24)16-7-4-12-23(16)18(25)13-5-2-1-3-6-13/h8-11,13,16H,1-7,12H2,(H,21,24)(H3,20,22,26). The zero-order valence-electron chi connectivity index (χ0n) is 14.9. The smallest absolute Gasteiger partial charge is 0.316 e. The highest BCUT2D eigenvalue weighted by atomic mass is 16.2. The van der Waals surface area contributed by atoms with Crippen molar-refractivity contribution in [2.45, 2.75) is 51.0 Å². The van der Waals surface area contributed by atoms with Crippen molar-refractivity contribution in [2.75, 3.05) is 17.2 Å². The molecule has 1 saturated carbocycles. The van der Waals surface area contributed by atoms with E-state index < -0.39 is 12.1 Å². The fraction of sp³-hybridized carbons (Fsp3) is 0.526. The van der Waals surface area contributed by atoms with Crippen molar-refractivity contribution in [3.05, 3.63) is 24.3 Å². The number of carbonyl (C=O) groups excluding carboxylic acids is 3. The van der Waals surface area contributed by atoms with Crippen molar-refractivity contribution in [1.82, 2.24) is 4.90 Å². The van der Waals surface area contributed by atoms with Gasteiger partial charge >= 0.3 is 6.03 Å². The van der Waals surface area contributed by atoms with Gasteiger partial charge in [-0.3, -0.25) is 9.59 Å². The van der Waals surface area contributed by atoms with Gasteiger partial charge in [0.05, 0.1) is 0 Å². The van der Waals surface area contributed by atoms with Gasteiger partial charge in [0.25, 0.3) is 0 Å². The molecule has 0 radical (unpaired) electrons. The number of nitrogens with two attached hydrogens (primary N) is 1. The minimum Gasteiger partial charge on any atom is -0.351 e. The molecule has 4 N–H and O–H groups in total. The molecule has 1 unspecified atom stereocenters. The van der Waals surface area contributed by atoms with Crippen LogP contribution in [0.25, 0.3) is 0 Å². The second-order valence-corrected chi connectivity index (χ2v) is 7.08. The Bertz CT molecular complexity index is 668. The Morgan fingerprint density at radius 3 is 2.12 bits per heavy atom. The second-order valence-electron chi connectivity index (χ2n) is 7.08. The fourth-order valence-electron chi connectivity index (χ4n) is 3.89. The zero-order valence-corrected chi connectivity index (χ0v) is 14.9. The molecule has 1 aliphatic heterocycles. The molecule has 1 atom stereocenters. The monoisotopic (exact) mass is 358 g/mol. The molecule has 1 aromatic rings. The lowest BCUT2D eigenvalue weighted by molar-refractivity contribution is -0.141. The molecule has 2 fully saturated rings. The van der Waals surface area contributed by atoms with E-state index in [4.69, 9.17) is 5.73 Å². The number of primary amides is 1. The van der Waals surface area contributed by atoms with Crippen molar-refractivity contribution < 1.29 is 14.4 Å². The first-order valence-electron chi connectivity index (χ1n) is 9.32. The summed E-state index contributed by atoms with van der Waals surface area (Å²) in [6, 6.07) is 5.70. The molecule has 26 heavy (non-hydrogen) atoms. The van der Waals surface area contributed by atoms with Gasteiger partial charge in [0.15, 0.2) is 0 Å². The Kier molecular flexibility index (Phi) is 5.75. The fourth-order valence-corrected chi connectivity index (χ4v) is 3.89. The van der Waals surface area contributed by atoms with Gasteiger partial charge in [-0.1, -0.05) is 19.3 Å². The average Bonchev–Trinajstić information content (AvgIpc) is 3.13. The number of hydrogen-bond acceptors (Lipinski definition) is 3. The number of benzene rings is 1. The molecule has 7 nitrogen and oxygen atoms in total. The van der Waals surface area contributed by atoms with Crippen LogP contribution in [0, 0.1) is 5.92 Å². The van der Waals surface area contributed by atoms with E-state index >= 15 is 0 Å². The Morgan fingerprint density at radius 1 is 0.885 bits per heavy atom. The largest absolute Gasteiger partial charge is 0.351 e. The second kappa shape index (κ2) is 8.21. The molecule has 140 valence electrons. The van der Waals surface area contributed by atoms with E-state index in [1.807, 2.05) is 0 Å². The number of urea groups is 1. The van der Waals surface area contributed by atoms with Crippen molar-refractivity contribution in [3.63, 3.8) is 0 Å². The third kappa shape index (κ3) is 4.33. The predicted octanol–water partition coefficient (Wildman–Crippen LogP) is 2.69. The van der Waals surface area contributed by atoms with Crippen LogP contribution < -0.4 is 16.4 Å². The predicted molar refractivity (Wildman–Crippen MR) is 99.6 cm³/mol. The van der Waals surface area contributed by atoms with Crippen LogP contribution in [0.15, 0.2) is 24.3 Å². The average molecular weight is 358 g/mol. The lowest BCUT2D eigenvalue weighted by Gasteiger charge is -2.30. The van der Waals surface area contributed by atoms with Gasteiger partial charge in [-0.25, -0.2) is 4.79 Å². The maximum absolute atomic E-state index is 12.8. The summed E-state index contributed by atoms with van der Waals surface area (Å²) in [6.45, 7) is 0.662. The van der Waals surface area contributed by atoms with Gasteiger partial charge in [-0.2, -0.15) is 0 Å². The van der Waals surface area contributed by atoms with E-state index in [9.17, 15) is 14.4 Å². The van der Waals surface area contributed by atoms with Crippen molar-refractivity contribution >= 4 is 29.2 Å². The molecule has 4 amide bonds. The van der Waals surface area contributed by atoms with Crippen LogP contribution in [0.2, 0.25) is 0 Å². The Hall–Kier alpha value is -2.57. The number of carbonyl (C=O) groups is 3. The van der Waals surface area contributed by atoms with Crippen molar-refractivity contribution in [1.29, 1.82) is 0 Å². The van der Waals surface area contributed by atoms with Gasteiger partial charge in [0, 0.05) is 23.8 Å². The van der Waals surface area contributed by atoms with Crippen LogP contribution in [0.3, 0.4) is 0 Å². The summed E-state index contributed by atoms with van der Waals surface area (Å²) >= 11 is 0. The third-order valence-electron chi connectivity index (χ3n) is 5.21. The number of hydrogen-bond donors (Lipinski definition) is 3. The normalized spacial score (nSPS) is 20.6. The molecule has 0 spiro atoms. The zero-order chi connectivity index (χ0) is 18.5. The lowest BCUT2D eigenvalue weighted by atomic mass is 9.88. The van der Waals surface area contributed by atoms with Gasteiger partial charge < -0.3 is 21.3 Å². The highest BCUT2D eigenvalue weighted by Gasteiger charge is 2.37. The van der Waals surface area contributed by atoms with Gasteiger partial charge in [0.2, 0.25) is 11.8 Å². The molecule has 1 saturated heterocycles. The molecule has 1 heterocycles. The Labute approximate surface area is 153 Å². The van der Waals surface area contributed by atoms with Gasteiger partial charge in [0.1, 0.15) is 6.04 Å².